The van der Waals surface area contributed by atoms with Crippen LogP contribution < -0.4 is 48.3 Å². The number of rotatable bonds is 22. The fourth-order valence-electron chi connectivity index (χ4n) is 4.60. The maximum atomic E-state index is 12.8. The predicted octanol–water partition coefficient (Wildman–Crippen LogP) is -5.97. The molecule has 14 N–H and O–H groups in total. The minimum Gasteiger partial charge on any atom is -0.481 e. The zero-order valence-corrected chi connectivity index (χ0v) is 29.7. The number of hydrogen-bond donors (Lipinski definition) is 13. The number of benzene rings is 1. The highest BCUT2D eigenvalue weighted by Gasteiger charge is 2.29. The lowest BCUT2D eigenvalue weighted by Crippen LogP contribution is -2.57. The van der Waals surface area contributed by atoms with Crippen molar-refractivity contribution in [3.63, 3.8) is 0 Å². The second kappa shape index (κ2) is 21.8. The van der Waals surface area contributed by atoms with Gasteiger partial charge in [0, 0.05) is 17.1 Å². The quantitative estimate of drug-likeness (QED) is 0.0530. The maximum Gasteiger partial charge on any atom is 0.322 e. The SMILES string of the molecule is C[C@H](NC(=O)[C@H](CC(=O)O)NC(=O)CNC(=O)CNC(=O)[C@H](C)NC(=O)[C@@H](N)Cc1c[nH]c2ccccc12)C(=O)N[C@@H](CO)C(=O)NCC(=O)NCC(=O)O. The number of carbonyl (C=O) groups is 10. The zero-order chi connectivity index (χ0) is 41.2. The number of carbonyl (C=O) groups excluding carboxylic acids is 8. The van der Waals surface area contributed by atoms with Gasteiger partial charge in [0.05, 0.1) is 38.7 Å². The first-order chi connectivity index (χ1) is 25.9. The lowest BCUT2D eigenvalue weighted by atomic mass is 10.0. The molecule has 300 valence electrons. The van der Waals surface area contributed by atoms with Crippen LogP contribution in [0.25, 0.3) is 10.9 Å². The predicted molar refractivity (Wildman–Crippen MR) is 188 cm³/mol. The van der Waals surface area contributed by atoms with Gasteiger partial charge in [0.2, 0.25) is 47.3 Å². The molecule has 0 aliphatic rings. The van der Waals surface area contributed by atoms with Crippen molar-refractivity contribution in [2.45, 2.75) is 56.9 Å². The van der Waals surface area contributed by atoms with Crippen LogP contribution in [-0.4, -0.2) is 142 Å². The highest BCUT2D eigenvalue weighted by Crippen LogP contribution is 2.18. The average molecular weight is 777 g/mol. The molecule has 1 aromatic heterocycles. The van der Waals surface area contributed by atoms with Crippen molar-refractivity contribution in [2.75, 3.05) is 32.8 Å². The van der Waals surface area contributed by atoms with E-state index in [9.17, 15) is 58.2 Å². The summed E-state index contributed by atoms with van der Waals surface area (Å²) in [5.74, 6) is -10.2. The molecule has 1 aromatic carbocycles. The maximum absolute atomic E-state index is 12.8. The minimum absolute atomic E-state index is 0.188. The third-order valence-electron chi connectivity index (χ3n) is 7.53. The van der Waals surface area contributed by atoms with Crippen LogP contribution in [0.1, 0.15) is 25.8 Å². The van der Waals surface area contributed by atoms with E-state index in [2.05, 4.69) is 42.2 Å². The molecule has 23 heteroatoms. The molecule has 0 unspecified atom stereocenters. The van der Waals surface area contributed by atoms with Gasteiger partial charge in [-0.05, 0) is 31.9 Å². The molecule has 8 amide bonds. The van der Waals surface area contributed by atoms with Crippen molar-refractivity contribution < 1.29 is 63.3 Å². The van der Waals surface area contributed by atoms with Crippen molar-refractivity contribution in [3.05, 3.63) is 36.0 Å². The third-order valence-corrected chi connectivity index (χ3v) is 7.53. The number of nitrogens with one attached hydrogen (secondary N) is 9. The van der Waals surface area contributed by atoms with Crippen molar-refractivity contribution in [1.82, 2.24) is 47.5 Å². The normalized spacial score (nSPS) is 13.4. The van der Waals surface area contributed by atoms with E-state index in [4.69, 9.17) is 10.8 Å². The number of fused-ring (bicyclic) bond motifs is 1. The number of aromatic amines is 1. The Morgan fingerprint density at radius 1 is 0.636 bits per heavy atom. The Morgan fingerprint density at radius 2 is 1.20 bits per heavy atom. The molecule has 0 spiro atoms. The van der Waals surface area contributed by atoms with Gasteiger partial charge in [-0.2, -0.15) is 0 Å². The van der Waals surface area contributed by atoms with Crippen LogP contribution in [0.2, 0.25) is 0 Å². The van der Waals surface area contributed by atoms with Gasteiger partial charge < -0.3 is 68.6 Å². The number of aromatic nitrogens is 1. The smallest absolute Gasteiger partial charge is 0.322 e. The van der Waals surface area contributed by atoms with Crippen LogP contribution in [0.5, 0.6) is 0 Å². The molecular weight excluding hydrogens is 732 g/mol. The summed E-state index contributed by atoms with van der Waals surface area (Å²) >= 11 is 0. The molecule has 0 bridgehead atoms. The summed E-state index contributed by atoms with van der Waals surface area (Å²) in [6.07, 6.45) is 0.977. The fourth-order valence-corrected chi connectivity index (χ4v) is 4.60. The van der Waals surface area contributed by atoms with Crippen molar-refractivity contribution >= 4 is 70.1 Å². The summed E-state index contributed by atoms with van der Waals surface area (Å²) in [5.41, 5.74) is 7.72. The highest BCUT2D eigenvalue weighted by atomic mass is 16.4. The van der Waals surface area contributed by atoms with Crippen LogP contribution in [0.4, 0.5) is 0 Å². The third kappa shape index (κ3) is 15.5. The zero-order valence-electron chi connectivity index (χ0n) is 29.7. The topological polar surface area (TPSA) is 369 Å². The van der Waals surface area contributed by atoms with Gasteiger partial charge in [-0.1, -0.05) is 18.2 Å². The summed E-state index contributed by atoms with van der Waals surface area (Å²) in [5, 5.41) is 45.5. The molecule has 23 nitrogen and oxygen atoms in total. The Hall–Kier alpha value is -6.62. The summed E-state index contributed by atoms with van der Waals surface area (Å²) in [4.78, 5) is 124. The van der Waals surface area contributed by atoms with E-state index < -0.39 is 129 Å². The first kappa shape index (κ1) is 44.5. The van der Waals surface area contributed by atoms with Gasteiger partial charge in [0.25, 0.3) is 0 Å². The molecule has 0 fully saturated rings. The van der Waals surface area contributed by atoms with Crippen LogP contribution in [0.15, 0.2) is 30.5 Å². The molecule has 0 aliphatic heterocycles. The monoisotopic (exact) mass is 776 g/mol. The van der Waals surface area contributed by atoms with Crippen molar-refractivity contribution in [2.24, 2.45) is 5.73 Å². The number of amides is 8. The first-order valence-electron chi connectivity index (χ1n) is 16.6. The Balaban J connectivity index is 1.79. The Labute approximate surface area is 312 Å². The molecule has 0 saturated carbocycles. The number of H-pyrrole nitrogens is 1. The minimum atomic E-state index is -1.75. The number of nitrogens with two attached hydrogens (primary N) is 1. The van der Waals surface area contributed by atoms with E-state index in [1.807, 2.05) is 29.6 Å². The lowest BCUT2D eigenvalue weighted by molar-refractivity contribution is -0.141. The highest BCUT2D eigenvalue weighted by molar-refractivity contribution is 5.97. The van der Waals surface area contributed by atoms with Gasteiger partial charge >= 0.3 is 11.9 Å². The molecule has 5 atom stereocenters. The molecule has 0 aliphatic carbocycles. The van der Waals surface area contributed by atoms with Gasteiger partial charge in [-0.25, -0.2) is 0 Å². The number of aliphatic hydroxyl groups excluding tert-OH is 1. The summed E-state index contributed by atoms with van der Waals surface area (Å²) < 4.78 is 0. The van der Waals surface area contributed by atoms with Crippen molar-refractivity contribution in [1.29, 1.82) is 0 Å². The molecule has 2 rings (SSSR count). The number of aliphatic hydroxyl groups is 1. The van der Waals surface area contributed by atoms with Crippen LogP contribution in [-0.2, 0) is 54.4 Å². The molecule has 2 aromatic rings. The van der Waals surface area contributed by atoms with Gasteiger partial charge in [-0.15, -0.1) is 0 Å². The standard InChI is InChI=1S/C32H44N10O13/c1-15(39-30(53)19(33)7-17-9-34-20-6-4-3-5-18(17)20)28(51)37-10-23(44)35-12-25(46)41-21(8-26(47)48)32(55)40-16(2)29(52)42-22(14-43)31(54)38-11-24(45)36-13-27(49)50/h3-6,9,15-16,19,21-22,34,43H,7-8,10-14,33H2,1-2H3,(H,35,44)(H,36,45)(H,37,51)(H,38,54)(H,39,53)(H,40,55)(H,41,46)(H,42,52)(H,47,48)(H,49,50)/t15-,16-,19-,21-,22-/m0/s1. The number of carboxylic acids is 2. The Bertz CT molecular complexity index is 1760. The van der Waals surface area contributed by atoms with Gasteiger partial charge in [0.1, 0.15) is 30.7 Å². The summed E-state index contributed by atoms with van der Waals surface area (Å²) in [6, 6.07) is 0.564. The Kier molecular flexibility index (Phi) is 17.7. The molecule has 1 heterocycles. The summed E-state index contributed by atoms with van der Waals surface area (Å²) in [7, 11) is 0. The van der Waals surface area contributed by atoms with E-state index in [1.54, 1.807) is 6.20 Å². The number of aliphatic carboxylic acids is 2. The summed E-state index contributed by atoms with van der Waals surface area (Å²) in [6.45, 7) is -1.21. The van der Waals surface area contributed by atoms with Crippen LogP contribution >= 0.6 is 0 Å². The molecule has 0 saturated heterocycles. The number of para-hydroxylation sites is 1. The molecule has 0 radical (unpaired) electrons. The van der Waals surface area contributed by atoms with E-state index in [0.29, 0.717) is 0 Å². The largest absolute Gasteiger partial charge is 0.481 e. The van der Waals surface area contributed by atoms with Crippen LogP contribution in [0, 0.1) is 0 Å². The lowest BCUT2D eigenvalue weighted by Gasteiger charge is -2.22. The van der Waals surface area contributed by atoms with Crippen LogP contribution in [0.3, 0.4) is 0 Å². The number of hydrogen-bond acceptors (Lipinski definition) is 12. The van der Waals surface area contributed by atoms with E-state index in [0.717, 1.165) is 23.4 Å². The first-order valence-corrected chi connectivity index (χ1v) is 16.6. The van der Waals surface area contributed by atoms with Gasteiger partial charge in [-0.3, -0.25) is 47.9 Å². The average Bonchev–Trinajstić information content (AvgIpc) is 3.54. The fraction of sp³-hybridized carbons (Fsp3) is 0.438. The van der Waals surface area contributed by atoms with E-state index >= 15 is 0 Å². The Morgan fingerprint density at radius 3 is 1.82 bits per heavy atom. The second-order valence-electron chi connectivity index (χ2n) is 12.0. The van der Waals surface area contributed by atoms with Crippen molar-refractivity contribution in [3.8, 4) is 0 Å². The molecule has 55 heavy (non-hydrogen) atoms. The van der Waals surface area contributed by atoms with E-state index in [-0.39, 0.29) is 6.42 Å². The second-order valence-corrected chi connectivity index (χ2v) is 12.0. The molecular formula is C32H44N10O13. The number of carboxylic acid groups (broad SMARTS) is 2. The van der Waals surface area contributed by atoms with Gasteiger partial charge in [0.15, 0.2) is 0 Å². The van der Waals surface area contributed by atoms with E-state index in [1.165, 1.54) is 6.92 Å².